The number of thiazole rings is 1. The molecule has 134 valence electrons. The lowest BCUT2D eigenvalue weighted by Crippen LogP contribution is -2.18. The van der Waals surface area contributed by atoms with Crippen molar-refractivity contribution in [2.45, 2.75) is 12.8 Å². The fraction of sp³-hybridized carbons (Fsp3) is 0.130. The molecule has 0 bridgehead atoms. The van der Waals surface area contributed by atoms with Crippen LogP contribution in [0.2, 0.25) is 0 Å². The summed E-state index contributed by atoms with van der Waals surface area (Å²) in [7, 11) is 1.97. The van der Waals surface area contributed by atoms with Crippen LogP contribution in [0.5, 0.6) is 0 Å². The van der Waals surface area contributed by atoms with Crippen molar-refractivity contribution in [3.63, 3.8) is 0 Å². The molecular weight excluding hydrogens is 352 g/mol. The van der Waals surface area contributed by atoms with Crippen LogP contribution in [0.15, 0.2) is 83.9 Å². The van der Waals surface area contributed by atoms with Crippen molar-refractivity contribution in [1.29, 1.82) is 0 Å². The molecule has 0 N–H and O–H groups in total. The molecule has 3 nitrogen and oxygen atoms in total. The number of hydrogen-bond donors (Lipinski definition) is 0. The van der Waals surface area contributed by atoms with Crippen molar-refractivity contribution in [3.05, 3.63) is 100 Å². The van der Waals surface area contributed by atoms with Crippen molar-refractivity contribution < 1.29 is 4.79 Å². The monoisotopic (exact) mass is 372 g/mol. The molecule has 0 aliphatic heterocycles. The average molecular weight is 372 g/mol. The summed E-state index contributed by atoms with van der Waals surface area (Å²) in [5.74, 6) is -0.550. The maximum Gasteiger partial charge on any atom is 0.260 e. The Bertz CT molecular complexity index is 1120. The van der Waals surface area contributed by atoms with Crippen molar-refractivity contribution in [1.82, 2.24) is 4.57 Å². The molecule has 1 amide bonds. The molecule has 4 heteroatoms. The van der Waals surface area contributed by atoms with E-state index in [1.807, 2.05) is 78.3 Å². The van der Waals surface area contributed by atoms with E-state index in [2.05, 4.69) is 24.0 Å². The SMILES string of the molecule is Cc1cccc2sc(=NC(=O)C(c3ccccc3)c3ccccc3)n(C)c12. The standard InChI is InChI=1S/C23H20N2OS/c1-16-10-9-15-19-21(16)25(2)23(27-19)24-22(26)20(17-11-5-3-6-12-17)18-13-7-4-8-14-18/h3-15,20H,1-2H3. The highest BCUT2D eigenvalue weighted by Crippen LogP contribution is 2.26. The highest BCUT2D eigenvalue weighted by atomic mass is 32.1. The molecule has 0 aliphatic rings. The summed E-state index contributed by atoms with van der Waals surface area (Å²) in [6.07, 6.45) is 0. The zero-order valence-corrected chi connectivity index (χ0v) is 16.1. The predicted octanol–water partition coefficient (Wildman–Crippen LogP) is 4.81. The van der Waals surface area contributed by atoms with Gasteiger partial charge in [-0.25, -0.2) is 0 Å². The normalized spacial score (nSPS) is 12.0. The predicted molar refractivity (Wildman–Crippen MR) is 111 cm³/mol. The first kappa shape index (κ1) is 17.4. The molecule has 0 spiro atoms. The number of nitrogens with zero attached hydrogens (tertiary/aromatic N) is 2. The van der Waals surface area contributed by atoms with Crippen LogP contribution in [0.1, 0.15) is 22.6 Å². The van der Waals surface area contributed by atoms with Crippen LogP contribution in [-0.4, -0.2) is 10.5 Å². The van der Waals surface area contributed by atoms with Gasteiger partial charge in [0, 0.05) is 7.05 Å². The first-order chi connectivity index (χ1) is 13.1. The number of rotatable bonds is 3. The van der Waals surface area contributed by atoms with Crippen molar-refractivity contribution in [3.8, 4) is 0 Å². The van der Waals surface area contributed by atoms with Gasteiger partial charge in [0.1, 0.15) is 0 Å². The molecule has 0 atom stereocenters. The van der Waals surface area contributed by atoms with Gasteiger partial charge in [-0.3, -0.25) is 4.79 Å². The number of carbonyl (C=O) groups excluding carboxylic acids is 1. The maximum atomic E-state index is 13.3. The molecule has 0 saturated carbocycles. The number of fused-ring (bicyclic) bond motifs is 1. The van der Waals surface area contributed by atoms with Crippen LogP contribution in [0.3, 0.4) is 0 Å². The highest BCUT2D eigenvalue weighted by Gasteiger charge is 2.22. The number of hydrogen-bond acceptors (Lipinski definition) is 2. The number of aromatic nitrogens is 1. The third kappa shape index (κ3) is 3.36. The van der Waals surface area contributed by atoms with E-state index >= 15 is 0 Å². The average Bonchev–Trinajstić information content (AvgIpc) is 3.00. The van der Waals surface area contributed by atoms with Crippen LogP contribution < -0.4 is 4.80 Å². The molecular formula is C23H20N2OS. The molecule has 1 aromatic heterocycles. The maximum absolute atomic E-state index is 13.3. The number of carbonyl (C=O) groups is 1. The smallest absolute Gasteiger partial charge is 0.260 e. The molecule has 4 aromatic rings. The Morgan fingerprint density at radius 2 is 1.48 bits per heavy atom. The minimum Gasteiger partial charge on any atom is -0.319 e. The van der Waals surface area contributed by atoms with E-state index in [4.69, 9.17) is 0 Å². The van der Waals surface area contributed by atoms with Gasteiger partial charge < -0.3 is 4.57 Å². The number of benzene rings is 3. The molecule has 0 saturated heterocycles. The number of para-hydroxylation sites is 1. The van der Waals surface area contributed by atoms with E-state index in [1.54, 1.807) is 11.3 Å². The Kier molecular flexibility index (Phi) is 4.73. The van der Waals surface area contributed by atoms with Crippen molar-refractivity contribution >= 4 is 27.5 Å². The largest absolute Gasteiger partial charge is 0.319 e. The Morgan fingerprint density at radius 1 is 0.889 bits per heavy atom. The van der Waals surface area contributed by atoms with Gasteiger partial charge in [0.05, 0.1) is 16.1 Å². The lowest BCUT2D eigenvalue weighted by atomic mass is 9.91. The summed E-state index contributed by atoms with van der Waals surface area (Å²) in [6, 6.07) is 25.9. The number of amides is 1. The van der Waals surface area contributed by atoms with Crippen LogP contribution in [-0.2, 0) is 11.8 Å². The van der Waals surface area contributed by atoms with Crippen LogP contribution >= 0.6 is 11.3 Å². The second kappa shape index (κ2) is 7.33. The van der Waals surface area contributed by atoms with E-state index < -0.39 is 5.92 Å². The fourth-order valence-corrected chi connectivity index (χ4v) is 4.53. The minimum absolute atomic E-state index is 0.146. The summed E-state index contributed by atoms with van der Waals surface area (Å²) >= 11 is 1.55. The third-order valence-electron chi connectivity index (χ3n) is 4.74. The van der Waals surface area contributed by atoms with Crippen molar-refractivity contribution in [2.75, 3.05) is 0 Å². The second-order valence-electron chi connectivity index (χ2n) is 6.57. The van der Waals surface area contributed by atoms with Crippen LogP contribution in [0, 0.1) is 6.92 Å². The second-order valence-corrected chi connectivity index (χ2v) is 7.58. The summed E-state index contributed by atoms with van der Waals surface area (Å²) in [4.78, 5) is 18.5. The van der Waals surface area contributed by atoms with Gasteiger partial charge in [0.25, 0.3) is 5.91 Å². The van der Waals surface area contributed by atoms with Crippen LogP contribution in [0.4, 0.5) is 0 Å². The van der Waals surface area contributed by atoms with E-state index in [9.17, 15) is 4.79 Å². The quantitative estimate of drug-likeness (QED) is 0.508. The topological polar surface area (TPSA) is 34.4 Å². The lowest BCUT2D eigenvalue weighted by molar-refractivity contribution is -0.118. The Morgan fingerprint density at radius 3 is 2.04 bits per heavy atom. The first-order valence-electron chi connectivity index (χ1n) is 8.89. The van der Waals surface area contributed by atoms with Gasteiger partial charge >= 0.3 is 0 Å². The van der Waals surface area contributed by atoms with E-state index in [0.717, 1.165) is 26.1 Å². The fourth-order valence-electron chi connectivity index (χ4n) is 3.43. The van der Waals surface area contributed by atoms with E-state index in [-0.39, 0.29) is 5.91 Å². The van der Waals surface area contributed by atoms with Gasteiger partial charge in [-0.15, -0.1) is 0 Å². The molecule has 0 aliphatic carbocycles. The third-order valence-corrected chi connectivity index (χ3v) is 5.84. The summed E-state index contributed by atoms with van der Waals surface area (Å²) in [5, 5.41) is 0. The van der Waals surface area contributed by atoms with Gasteiger partial charge in [-0.1, -0.05) is 84.1 Å². The molecule has 3 aromatic carbocycles. The first-order valence-corrected chi connectivity index (χ1v) is 9.70. The van der Waals surface area contributed by atoms with Crippen molar-refractivity contribution in [2.24, 2.45) is 12.0 Å². The molecule has 0 radical (unpaired) electrons. The summed E-state index contributed by atoms with van der Waals surface area (Å²) in [6.45, 7) is 2.08. The van der Waals surface area contributed by atoms with E-state index in [1.165, 1.54) is 5.56 Å². The Hall–Kier alpha value is -2.98. The number of aryl methyl sites for hydroxylation is 2. The molecule has 0 fully saturated rings. The van der Waals surface area contributed by atoms with Gasteiger partial charge in [-0.2, -0.15) is 4.99 Å². The molecule has 0 unspecified atom stereocenters. The Balaban J connectivity index is 1.85. The van der Waals surface area contributed by atoms with E-state index in [0.29, 0.717) is 0 Å². The highest BCUT2D eigenvalue weighted by molar-refractivity contribution is 7.16. The lowest BCUT2D eigenvalue weighted by Gasteiger charge is -2.14. The molecule has 27 heavy (non-hydrogen) atoms. The Labute approximate surface area is 162 Å². The molecule has 4 rings (SSSR count). The summed E-state index contributed by atoms with van der Waals surface area (Å²) in [5.41, 5.74) is 4.22. The zero-order valence-electron chi connectivity index (χ0n) is 15.3. The van der Waals surface area contributed by atoms with Gasteiger partial charge in [-0.05, 0) is 29.7 Å². The van der Waals surface area contributed by atoms with Crippen LogP contribution in [0.25, 0.3) is 10.2 Å². The zero-order chi connectivity index (χ0) is 18.8. The molecule has 1 heterocycles. The minimum atomic E-state index is -0.404. The van der Waals surface area contributed by atoms with Gasteiger partial charge in [0.2, 0.25) is 0 Å². The van der Waals surface area contributed by atoms with Gasteiger partial charge in [0.15, 0.2) is 4.80 Å². The summed E-state index contributed by atoms with van der Waals surface area (Å²) < 4.78 is 3.15.